The molecule has 13 heavy (non-hydrogen) atoms. The van der Waals surface area contributed by atoms with Gasteiger partial charge in [0.05, 0.1) is 0 Å². The number of hydrogen-bond acceptors (Lipinski definition) is 4. The molecule has 0 saturated carbocycles. The maximum absolute atomic E-state index is 5.71. The molecule has 2 rings (SSSR count). The second-order valence-corrected chi connectivity index (χ2v) is 3.05. The molecule has 0 aliphatic heterocycles. The lowest BCUT2D eigenvalue weighted by Gasteiger charge is -1.98. The van der Waals surface area contributed by atoms with Crippen LogP contribution in [0.15, 0.2) is 0 Å². The minimum Gasteiger partial charge on any atom is -0.382 e. The topological polar surface area (TPSA) is 69.6 Å². The first-order valence-electron chi connectivity index (χ1n) is 4.02. The highest BCUT2D eigenvalue weighted by Gasteiger charge is 2.09. The van der Waals surface area contributed by atoms with Crippen molar-refractivity contribution in [3.8, 4) is 0 Å². The maximum Gasteiger partial charge on any atom is 0.165 e. The van der Waals surface area contributed by atoms with Crippen LogP contribution >= 0.6 is 0 Å². The monoisotopic (exact) mass is 177 g/mol. The summed E-state index contributed by atoms with van der Waals surface area (Å²) in [4.78, 5) is 12.6. The van der Waals surface area contributed by atoms with Gasteiger partial charge in [0.2, 0.25) is 0 Å². The maximum atomic E-state index is 5.71. The molecule has 0 spiro atoms. The van der Waals surface area contributed by atoms with Gasteiger partial charge in [-0.2, -0.15) is 0 Å². The van der Waals surface area contributed by atoms with E-state index in [0.29, 0.717) is 17.2 Å². The summed E-state index contributed by atoms with van der Waals surface area (Å²) in [6, 6.07) is 0. The molecule has 2 N–H and O–H groups in total. The summed E-state index contributed by atoms with van der Waals surface area (Å²) < 4.78 is 1.90. The van der Waals surface area contributed by atoms with E-state index in [1.807, 2.05) is 25.5 Å². The molecule has 0 aliphatic carbocycles. The molecule has 2 aromatic heterocycles. The Hall–Kier alpha value is -1.65. The van der Waals surface area contributed by atoms with Gasteiger partial charge in [-0.05, 0) is 13.8 Å². The summed E-state index contributed by atoms with van der Waals surface area (Å²) in [7, 11) is 1.91. The van der Waals surface area contributed by atoms with Crippen LogP contribution in [0.3, 0.4) is 0 Å². The number of nitrogens with zero attached hydrogens (tertiary/aromatic N) is 4. The van der Waals surface area contributed by atoms with E-state index in [2.05, 4.69) is 15.0 Å². The van der Waals surface area contributed by atoms with Crippen LogP contribution in [0.1, 0.15) is 11.6 Å². The standard InChI is InChI=1S/C8H11N5/c1-4-10-7(9)6-8(11-4)13(3)5(2)12-6/h1-3H3,(H2,9,10,11). The number of fused-ring (bicyclic) bond motifs is 1. The second-order valence-electron chi connectivity index (χ2n) is 3.05. The molecule has 0 unspecified atom stereocenters. The largest absolute Gasteiger partial charge is 0.382 e. The average molecular weight is 177 g/mol. The SMILES string of the molecule is Cc1nc(N)c2nc(C)n(C)c2n1. The van der Waals surface area contributed by atoms with Gasteiger partial charge in [0.15, 0.2) is 17.0 Å². The number of aromatic nitrogens is 4. The van der Waals surface area contributed by atoms with Crippen molar-refractivity contribution in [3.05, 3.63) is 11.6 Å². The van der Waals surface area contributed by atoms with Gasteiger partial charge in [0.1, 0.15) is 11.6 Å². The van der Waals surface area contributed by atoms with Crippen molar-refractivity contribution in [2.24, 2.45) is 7.05 Å². The van der Waals surface area contributed by atoms with Crippen LogP contribution in [0.25, 0.3) is 11.2 Å². The van der Waals surface area contributed by atoms with Crippen LogP contribution in [0.2, 0.25) is 0 Å². The Bertz CT molecular complexity index is 471. The summed E-state index contributed by atoms with van der Waals surface area (Å²) in [6.07, 6.45) is 0. The fourth-order valence-corrected chi connectivity index (χ4v) is 1.30. The highest BCUT2D eigenvalue weighted by molar-refractivity contribution is 5.82. The van der Waals surface area contributed by atoms with Gasteiger partial charge in [-0.25, -0.2) is 15.0 Å². The van der Waals surface area contributed by atoms with Crippen molar-refractivity contribution >= 4 is 17.0 Å². The Kier molecular flexibility index (Phi) is 1.48. The van der Waals surface area contributed by atoms with E-state index in [0.717, 1.165) is 11.5 Å². The first-order valence-corrected chi connectivity index (χ1v) is 4.02. The molecule has 0 saturated heterocycles. The Morgan fingerprint density at radius 2 is 1.85 bits per heavy atom. The number of aryl methyl sites for hydroxylation is 3. The zero-order chi connectivity index (χ0) is 9.59. The van der Waals surface area contributed by atoms with Crippen molar-refractivity contribution in [2.45, 2.75) is 13.8 Å². The molecular weight excluding hydrogens is 166 g/mol. The summed E-state index contributed by atoms with van der Waals surface area (Å²) in [5, 5.41) is 0. The molecule has 0 bridgehead atoms. The Labute approximate surface area is 75.6 Å². The normalized spacial score (nSPS) is 11.0. The molecule has 0 radical (unpaired) electrons. The summed E-state index contributed by atoms with van der Waals surface area (Å²) >= 11 is 0. The molecule has 2 heterocycles. The molecule has 0 fully saturated rings. The average Bonchev–Trinajstić information content (AvgIpc) is 2.32. The van der Waals surface area contributed by atoms with E-state index in [1.54, 1.807) is 0 Å². The molecule has 5 nitrogen and oxygen atoms in total. The lowest BCUT2D eigenvalue weighted by atomic mass is 10.5. The Morgan fingerprint density at radius 1 is 1.15 bits per heavy atom. The van der Waals surface area contributed by atoms with Gasteiger partial charge in [0, 0.05) is 7.05 Å². The second kappa shape index (κ2) is 2.42. The van der Waals surface area contributed by atoms with Gasteiger partial charge in [-0.1, -0.05) is 0 Å². The molecule has 68 valence electrons. The third-order valence-electron chi connectivity index (χ3n) is 2.08. The van der Waals surface area contributed by atoms with Crippen molar-refractivity contribution < 1.29 is 0 Å². The molecule has 0 aliphatic rings. The third kappa shape index (κ3) is 1.04. The lowest BCUT2D eigenvalue weighted by Crippen LogP contribution is -1.99. The zero-order valence-corrected chi connectivity index (χ0v) is 7.87. The summed E-state index contributed by atoms with van der Waals surface area (Å²) in [5.74, 6) is 2.01. The molecular formula is C8H11N5. The summed E-state index contributed by atoms with van der Waals surface area (Å²) in [5.41, 5.74) is 7.19. The van der Waals surface area contributed by atoms with Crippen LogP contribution in [0.5, 0.6) is 0 Å². The number of nitrogens with two attached hydrogens (primary N) is 1. The van der Waals surface area contributed by atoms with E-state index in [1.165, 1.54) is 0 Å². The number of rotatable bonds is 0. The predicted octanol–water partition coefficient (Wildman–Crippen LogP) is 0.562. The van der Waals surface area contributed by atoms with Crippen LogP contribution in [0, 0.1) is 13.8 Å². The highest BCUT2D eigenvalue weighted by atomic mass is 15.1. The number of nitrogen functional groups attached to an aromatic ring is 1. The third-order valence-corrected chi connectivity index (χ3v) is 2.08. The number of hydrogen-bond donors (Lipinski definition) is 1. The first-order chi connectivity index (χ1) is 6.09. The van der Waals surface area contributed by atoms with E-state index in [9.17, 15) is 0 Å². The van der Waals surface area contributed by atoms with Gasteiger partial charge in [0.25, 0.3) is 0 Å². The Balaban J connectivity index is 2.94. The van der Waals surface area contributed by atoms with Gasteiger partial charge >= 0.3 is 0 Å². The lowest BCUT2D eigenvalue weighted by molar-refractivity contribution is 0.869. The van der Waals surface area contributed by atoms with Gasteiger partial charge in [-0.15, -0.1) is 0 Å². The highest BCUT2D eigenvalue weighted by Crippen LogP contribution is 2.16. The predicted molar refractivity (Wildman–Crippen MR) is 50.2 cm³/mol. The first kappa shape index (κ1) is 7.97. The molecule has 0 atom stereocenters. The smallest absolute Gasteiger partial charge is 0.165 e. The summed E-state index contributed by atoms with van der Waals surface area (Å²) in [6.45, 7) is 3.73. The van der Waals surface area contributed by atoms with Crippen molar-refractivity contribution in [2.75, 3.05) is 5.73 Å². The quantitative estimate of drug-likeness (QED) is 0.638. The fraction of sp³-hybridized carbons (Fsp3) is 0.375. The van der Waals surface area contributed by atoms with E-state index < -0.39 is 0 Å². The molecule has 2 aromatic rings. The van der Waals surface area contributed by atoms with Gasteiger partial charge in [-0.3, -0.25) is 0 Å². The Morgan fingerprint density at radius 3 is 2.54 bits per heavy atom. The van der Waals surface area contributed by atoms with Gasteiger partial charge < -0.3 is 10.3 Å². The number of anilines is 1. The van der Waals surface area contributed by atoms with Crippen molar-refractivity contribution in [3.63, 3.8) is 0 Å². The van der Waals surface area contributed by atoms with Crippen molar-refractivity contribution in [1.29, 1.82) is 0 Å². The zero-order valence-electron chi connectivity index (χ0n) is 7.87. The minimum atomic E-state index is 0.450. The minimum absolute atomic E-state index is 0.450. The molecule has 0 aromatic carbocycles. The van der Waals surface area contributed by atoms with E-state index in [4.69, 9.17) is 5.73 Å². The van der Waals surface area contributed by atoms with Crippen molar-refractivity contribution in [1.82, 2.24) is 19.5 Å². The van der Waals surface area contributed by atoms with Crippen LogP contribution in [-0.4, -0.2) is 19.5 Å². The van der Waals surface area contributed by atoms with E-state index in [-0.39, 0.29) is 0 Å². The fourth-order valence-electron chi connectivity index (χ4n) is 1.30. The number of imidazole rings is 1. The van der Waals surface area contributed by atoms with Crippen LogP contribution in [-0.2, 0) is 7.05 Å². The molecule has 0 amide bonds. The van der Waals surface area contributed by atoms with Crippen LogP contribution < -0.4 is 5.73 Å². The molecule has 5 heteroatoms. The van der Waals surface area contributed by atoms with Crippen LogP contribution in [0.4, 0.5) is 5.82 Å². The van der Waals surface area contributed by atoms with E-state index >= 15 is 0 Å².